The monoisotopic (exact) mass is 1650 g/mol. The highest BCUT2D eigenvalue weighted by Gasteiger charge is 2.48. The van der Waals surface area contributed by atoms with E-state index in [0.717, 1.165) is 75.3 Å². The van der Waals surface area contributed by atoms with E-state index in [2.05, 4.69) is 64.0 Å². The zero-order valence-corrected chi connectivity index (χ0v) is 63.2. The number of aryl methyl sites for hydroxylation is 4. The van der Waals surface area contributed by atoms with Crippen LogP contribution in [0, 0.1) is 41.5 Å². The summed E-state index contributed by atoms with van der Waals surface area (Å²) in [6.07, 6.45) is -4.98. The zero-order chi connectivity index (χ0) is 79.4. The normalized spacial score (nSPS) is 17.1. The van der Waals surface area contributed by atoms with Crippen molar-refractivity contribution in [2.45, 2.75) is 133 Å². The van der Waals surface area contributed by atoms with Gasteiger partial charge in [-0.15, -0.1) is 43.1 Å². The molecule has 8 aromatic rings. The molecule has 5 N–H and O–H groups in total. The van der Waals surface area contributed by atoms with Gasteiger partial charge in [0.25, 0.3) is 23.6 Å². The third-order valence-electron chi connectivity index (χ3n) is 18.6. The maximum Gasteiger partial charge on any atom is 0.471 e. The van der Waals surface area contributed by atoms with Crippen LogP contribution < -0.4 is 30.7 Å². The number of carbonyl (C=O) groups is 11. The summed E-state index contributed by atoms with van der Waals surface area (Å²) in [7, 11) is 0. The van der Waals surface area contributed by atoms with Crippen LogP contribution in [0.2, 0.25) is 10.0 Å². The second-order valence-corrected chi connectivity index (χ2v) is 29.2. The Kier molecular flexibility index (Phi) is 27.9. The summed E-state index contributed by atoms with van der Waals surface area (Å²) < 4.78 is 62.1. The SMILES string of the molecule is C.C.C.Cc1sc2c(c1C)C(c1ccc(Cl)cc1)=N[C@@H](CC(=O)NCCOCCOc1cccc3c1C(=O)N(C1CCC(=O)NC1=O)C3=O)c1nnc(C)n1-2.Cc1sc2c(c1C)C(c1ccc(Cl)cc1)=N[C@@H](CC(=O)O)c1nnc(C)n1-2.O=C1CCC(N2C(=O)c3cccc(OCCOCCNC(=O)C(F)(F)F)c3C2=O)C(=O)N1. The number of imide groups is 4. The topological polar surface area (TPSA) is 386 Å². The summed E-state index contributed by atoms with van der Waals surface area (Å²) in [5.74, 6) is -5.42. The second-order valence-electron chi connectivity index (χ2n) is 25.9. The molecule has 10 amide bonds. The maximum absolute atomic E-state index is 13.3. The van der Waals surface area contributed by atoms with Crippen molar-refractivity contribution in [3.8, 4) is 21.5 Å². The molecule has 2 unspecified atom stereocenters. The first kappa shape index (κ1) is 86.7. The van der Waals surface area contributed by atoms with Crippen LogP contribution in [0.4, 0.5) is 13.2 Å². The number of carboxylic acids is 1. The molecule has 4 aromatic carbocycles. The Hall–Kier alpha value is -11.2. The number of rotatable bonds is 22. The highest BCUT2D eigenvalue weighted by atomic mass is 35.5. The van der Waals surface area contributed by atoms with Gasteiger partial charge in [-0.2, -0.15) is 13.2 Å². The van der Waals surface area contributed by atoms with Gasteiger partial charge >= 0.3 is 18.1 Å². The number of hydrogen-bond acceptors (Lipinski definition) is 23. The lowest BCUT2D eigenvalue weighted by Crippen LogP contribution is -2.54. The number of aliphatic carboxylic acids is 1. The van der Waals surface area contributed by atoms with Crippen molar-refractivity contribution >= 4 is 122 Å². The molecule has 0 spiro atoms. The number of nitrogens with one attached hydrogen (secondary N) is 4. The minimum atomic E-state index is -4.97. The number of hydrogen-bond donors (Lipinski definition) is 5. The molecular formula is C77H81Cl2F3N14O16S2. The molecule has 0 bridgehead atoms. The first-order valence-electron chi connectivity index (χ1n) is 34.7. The Morgan fingerprint density at radius 2 is 0.939 bits per heavy atom. The van der Waals surface area contributed by atoms with E-state index in [0.29, 0.717) is 27.5 Å². The van der Waals surface area contributed by atoms with Crippen molar-refractivity contribution in [1.29, 1.82) is 0 Å². The fourth-order valence-electron chi connectivity index (χ4n) is 13.1. The summed E-state index contributed by atoms with van der Waals surface area (Å²) in [6, 6.07) is 20.5. The van der Waals surface area contributed by atoms with Gasteiger partial charge in [-0.3, -0.25) is 92.3 Å². The third-order valence-corrected chi connectivity index (χ3v) is 21.5. The smallest absolute Gasteiger partial charge is 0.471 e. The summed E-state index contributed by atoms with van der Waals surface area (Å²) in [5, 5.41) is 38.7. The number of thiophene rings is 2. The van der Waals surface area contributed by atoms with Crippen molar-refractivity contribution in [1.82, 2.24) is 60.6 Å². The van der Waals surface area contributed by atoms with Gasteiger partial charge in [0.15, 0.2) is 11.6 Å². The molecule has 114 heavy (non-hydrogen) atoms. The van der Waals surface area contributed by atoms with Gasteiger partial charge in [0.05, 0.1) is 72.9 Å². The van der Waals surface area contributed by atoms with E-state index in [9.17, 15) is 71.0 Å². The summed E-state index contributed by atoms with van der Waals surface area (Å²) in [6.45, 7) is 11.9. The number of piperidine rings is 2. The van der Waals surface area contributed by atoms with Gasteiger partial charge in [-0.1, -0.05) is 81.9 Å². The number of nitrogens with zero attached hydrogens (tertiary/aromatic N) is 10. The van der Waals surface area contributed by atoms with Crippen molar-refractivity contribution in [2.75, 3.05) is 52.7 Å². The largest absolute Gasteiger partial charge is 0.490 e. The van der Waals surface area contributed by atoms with Gasteiger partial charge in [0.2, 0.25) is 29.5 Å². The highest BCUT2D eigenvalue weighted by molar-refractivity contribution is 7.15. The van der Waals surface area contributed by atoms with Gasteiger partial charge in [-0.25, -0.2) is 0 Å². The number of aliphatic imine (C=N–C) groups is 2. The summed E-state index contributed by atoms with van der Waals surface area (Å²) in [4.78, 5) is 149. The molecular weight excluding hydrogens is 1570 g/mol. The average Bonchev–Trinajstić information content (AvgIpc) is 1.61. The Morgan fingerprint density at radius 1 is 0.535 bits per heavy atom. The van der Waals surface area contributed by atoms with Crippen LogP contribution in [-0.2, 0) is 43.0 Å². The first-order chi connectivity index (χ1) is 53.0. The lowest BCUT2D eigenvalue weighted by molar-refractivity contribution is -0.173. The number of benzene rings is 4. The minimum absolute atomic E-state index is 0. The Bertz CT molecular complexity index is 5170. The van der Waals surface area contributed by atoms with Gasteiger partial charge in [0.1, 0.15) is 70.5 Å². The lowest BCUT2D eigenvalue weighted by atomic mass is 9.99. The number of carbonyl (C=O) groups excluding carboxylic acids is 10. The van der Waals surface area contributed by atoms with E-state index < -0.39 is 89.5 Å². The lowest BCUT2D eigenvalue weighted by Gasteiger charge is -2.27. The van der Waals surface area contributed by atoms with E-state index >= 15 is 0 Å². The molecule has 0 saturated carbocycles. The summed E-state index contributed by atoms with van der Waals surface area (Å²) >= 11 is 15.5. The molecule has 2 saturated heterocycles. The molecule has 6 aliphatic rings. The molecule has 0 radical (unpaired) electrons. The van der Waals surface area contributed by atoms with Crippen molar-refractivity contribution in [3.63, 3.8) is 0 Å². The van der Waals surface area contributed by atoms with Gasteiger partial charge < -0.3 is 34.7 Å². The number of alkyl halides is 3. The van der Waals surface area contributed by atoms with Crippen molar-refractivity contribution in [3.05, 3.63) is 184 Å². The number of aromatic nitrogens is 6. The van der Waals surface area contributed by atoms with E-state index in [-0.39, 0.29) is 153 Å². The van der Waals surface area contributed by atoms with E-state index in [1.165, 1.54) is 29.1 Å². The Morgan fingerprint density at radius 3 is 1.33 bits per heavy atom. The molecule has 0 aliphatic carbocycles. The molecule has 602 valence electrons. The third kappa shape index (κ3) is 18.2. The molecule has 14 rings (SSSR count). The molecule has 6 aliphatic heterocycles. The van der Waals surface area contributed by atoms with Crippen LogP contribution in [0.3, 0.4) is 0 Å². The van der Waals surface area contributed by atoms with Crippen molar-refractivity contribution < 1.29 is 90.0 Å². The summed E-state index contributed by atoms with van der Waals surface area (Å²) in [5.41, 5.74) is 7.72. The van der Waals surface area contributed by atoms with Crippen LogP contribution in [0.5, 0.6) is 11.5 Å². The number of amides is 10. The fourth-order valence-corrected chi connectivity index (χ4v) is 15.8. The zero-order valence-electron chi connectivity index (χ0n) is 60.0. The van der Waals surface area contributed by atoms with Crippen LogP contribution >= 0.6 is 45.9 Å². The minimum Gasteiger partial charge on any atom is -0.490 e. The van der Waals surface area contributed by atoms with Gasteiger partial charge in [0, 0.05) is 68.0 Å². The molecule has 4 aromatic heterocycles. The van der Waals surface area contributed by atoms with Gasteiger partial charge in [-0.05, 0) is 114 Å². The first-order valence-corrected chi connectivity index (χ1v) is 37.1. The molecule has 4 atom stereocenters. The molecule has 10 heterocycles. The van der Waals surface area contributed by atoms with E-state index in [4.69, 9.17) is 52.1 Å². The highest BCUT2D eigenvalue weighted by Crippen LogP contribution is 2.43. The fraction of sp³-hybridized carbons (Fsp3) is 0.364. The average molecular weight is 1650 g/mol. The molecule has 30 nitrogen and oxygen atoms in total. The number of carboxylic acid groups (broad SMARTS) is 1. The standard InChI is InChI=1S/C36H34ClN7O7S.C19H17ClN4O2S.C19H18F3N3O7.3CH4/c1-18-19(2)52-36-29(18)31(21-7-9-22(37)10-8-21)39-24(32-42-41-20(3)43(32)36)17-28(46)38-13-14-50-15-16-51-26-6-4-5-23-30(26)35(49)44(34(23)48)25-11-12-27(45)40-33(25)47;1-9-10(2)27-19-16(9)17(12-4-6-13(20)7-5-12)21-14(8-15(25)26)18-23-22-11(3)24(18)19;20-19(21,22)18(30)23-6-7-31-8-9-32-12-3-1-2-10-14(12)17(29)25(16(10)28)11-4-5-13(26)24-15(11)27;;;/h4-10,24-25H,11-17H2,1-3H3,(H,38,46)(H,40,45,47);4-7,14H,8H2,1-3H3,(H,25,26);1-3,11H,4-9H2,(H,23,30)(H,24,26,27);3*1H4/t24-,25?;14-;;;;/m00..../s1. The molecule has 2 fully saturated rings. The Balaban J connectivity index is 0.000000207. The Labute approximate surface area is 669 Å². The quantitative estimate of drug-likeness (QED) is 0.0311. The predicted molar refractivity (Wildman–Crippen MR) is 415 cm³/mol. The van der Waals surface area contributed by atoms with Crippen LogP contribution in [0.15, 0.2) is 94.9 Å². The second kappa shape index (κ2) is 36.7. The number of halogens is 5. The van der Waals surface area contributed by atoms with Crippen molar-refractivity contribution in [2.24, 2.45) is 9.98 Å². The van der Waals surface area contributed by atoms with E-state index in [1.807, 2.05) is 71.5 Å². The van der Waals surface area contributed by atoms with Crippen LogP contribution in [0.25, 0.3) is 10.0 Å². The molecule has 37 heteroatoms. The van der Waals surface area contributed by atoms with Crippen LogP contribution in [-0.4, -0.2) is 192 Å². The number of ether oxygens (including phenoxy) is 4. The maximum atomic E-state index is 13.3. The predicted octanol–water partition coefficient (Wildman–Crippen LogP) is 10.1. The number of fused-ring (bicyclic) bond motifs is 8. The van der Waals surface area contributed by atoms with E-state index in [1.54, 1.807) is 40.1 Å². The van der Waals surface area contributed by atoms with Crippen LogP contribution in [0.1, 0.15) is 181 Å².